The molecule has 0 aliphatic heterocycles. The molecular formula is C11H18N2OS. The summed E-state index contributed by atoms with van der Waals surface area (Å²) in [7, 11) is 2.02. The van der Waals surface area contributed by atoms with Crippen LogP contribution in [0.5, 0.6) is 0 Å². The number of hydrogen-bond donors (Lipinski definition) is 0. The van der Waals surface area contributed by atoms with E-state index in [1.54, 1.807) is 6.92 Å². The lowest BCUT2D eigenvalue weighted by molar-refractivity contribution is 0.101. The summed E-state index contributed by atoms with van der Waals surface area (Å²) in [4.78, 5) is 17.5. The third-order valence-corrected chi connectivity index (χ3v) is 3.42. The number of rotatable bonds is 5. The Balaban J connectivity index is 2.65. The zero-order valence-electron chi connectivity index (χ0n) is 9.78. The van der Waals surface area contributed by atoms with Gasteiger partial charge in [0.25, 0.3) is 0 Å². The van der Waals surface area contributed by atoms with Crippen LogP contribution in [0, 0.1) is 5.92 Å². The molecule has 1 unspecified atom stereocenters. The summed E-state index contributed by atoms with van der Waals surface area (Å²) < 4.78 is 0. The number of aromatic nitrogens is 1. The van der Waals surface area contributed by atoms with Crippen molar-refractivity contribution in [2.45, 2.75) is 27.2 Å². The highest BCUT2D eigenvalue weighted by Crippen LogP contribution is 2.20. The molecule has 0 aliphatic rings. The van der Waals surface area contributed by atoms with Gasteiger partial charge in [0, 0.05) is 25.9 Å². The van der Waals surface area contributed by atoms with Gasteiger partial charge in [-0.15, -0.1) is 11.3 Å². The Morgan fingerprint density at radius 2 is 2.33 bits per heavy atom. The molecule has 4 heteroatoms. The average Bonchev–Trinajstić information content (AvgIpc) is 2.66. The van der Waals surface area contributed by atoms with Gasteiger partial charge in [-0.1, -0.05) is 20.3 Å². The monoisotopic (exact) mass is 226 g/mol. The topological polar surface area (TPSA) is 33.2 Å². The van der Waals surface area contributed by atoms with Crippen molar-refractivity contribution in [2.24, 2.45) is 5.92 Å². The molecule has 0 amide bonds. The molecule has 1 rings (SSSR count). The van der Waals surface area contributed by atoms with Crippen LogP contribution in [-0.4, -0.2) is 24.4 Å². The highest BCUT2D eigenvalue weighted by Gasteiger charge is 2.11. The van der Waals surface area contributed by atoms with Gasteiger partial charge in [0.15, 0.2) is 10.9 Å². The maximum Gasteiger partial charge on any atom is 0.185 e. The normalized spacial score (nSPS) is 12.5. The van der Waals surface area contributed by atoms with E-state index >= 15 is 0 Å². The van der Waals surface area contributed by atoms with Crippen LogP contribution in [0.25, 0.3) is 0 Å². The quantitative estimate of drug-likeness (QED) is 0.724. The predicted octanol–water partition coefficient (Wildman–Crippen LogP) is 2.83. The Bertz CT molecular complexity index is 335. The van der Waals surface area contributed by atoms with Gasteiger partial charge in [-0.3, -0.25) is 4.79 Å². The Kier molecular flexibility index (Phi) is 4.27. The minimum atomic E-state index is 0.0365. The largest absolute Gasteiger partial charge is 0.351 e. The fourth-order valence-corrected chi connectivity index (χ4v) is 2.12. The summed E-state index contributed by atoms with van der Waals surface area (Å²) in [6, 6.07) is 0. The van der Waals surface area contributed by atoms with Gasteiger partial charge in [-0.2, -0.15) is 0 Å². The zero-order chi connectivity index (χ0) is 11.4. The van der Waals surface area contributed by atoms with Crippen LogP contribution in [0.4, 0.5) is 5.13 Å². The van der Waals surface area contributed by atoms with Crippen molar-refractivity contribution < 1.29 is 4.79 Å². The molecule has 0 saturated carbocycles. The van der Waals surface area contributed by atoms with Crippen molar-refractivity contribution in [3.63, 3.8) is 0 Å². The van der Waals surface area contributed by atoms with Gasteiger partial charge in [-0.05, 0) is 5.92 Å². The van der Waals surface area contributed by atoms with Crippen LogP contribution < -0.4 is 4.90 Å². The summed E-state index contributed by atoms with van der Waals surface area (Å²) in [5.74, 6) is 0.689. The summed E-state index contributed by atoms with van der Waals surface area (Å²) in [6.45, 7) is 6.94. The molecule has 84 valence electrons. The molecule has 0 saturated heterocycles. The Hall–Kier alpha value is -0.900. The van der Waals surface area contributed by atoms with E-state index in [0.717, 1.165) is 18.1 Å². The van der Waals surface area contributed by atoms with Gasteiger partial charge in [0.2, 0.25) is 0 Å². The molecule has 0 spiro atoms. The predicted molar refractivity (Wildman–Crippen MR) is 64.8 cm³/mol. The van der Waals surface area contributed by atoms with Crippen LogP contribution in [-0.2, 0) is 0 Å². The number of carbonyl (C=O) groups excluding carboxylic acids is 1. The third kappa shape index (κ3) is 3.30. The minimum absolute atomic E-state index is 0.0365. The summed E-state index contributed by atoms with van der Waals surface area (Å²) in [5.41, 5.74) is 0.575. The van der Waals surface area contributed by atoms with Gasteiger partial charge in [0.1, 0.15) is 5.69 Å². The second-order valence-electron chi connectivity index (χ2n) is 3.97. The lowest BCUT2D eigenvalue weighted by Crippen LogP contribution is -2.23. The molecule has 0 bridgehead atoms. The summed E-state index contributed by atoms with van der Waals surface area (Å²) >= 11 is 1.53. The average molecular weight is 226 g/mol. The molecule has 1 aromatic heterocycles. The number of anilines is 1. The second kappa shape index (κ2) is 5.26. The summed E-state index contributed by atoms with van der Waals surface area (Å²) in [6.07, 6.45) is 1.16. The minimum Gasteiger partial charge on any atom is -0.351 e. The van der Waals surface area contributed by atoms with Crippen LogP contribution in [0.2, 0.25) is 0 Å². The third-order valence-electron chi connectivity index (χ3n) is 2.46. The van der Waals surface area contributed by atoms with E-state index in [0.29, 0.717) is 11.6 Å². The number of nitrogens with zero attached hydrogens (tertiary/aromatic N) is 2. The summed E-state index contributed by atoms with van der Waals surface area (Å²) in [5, 5.41) is 2.76. The van der Waals surface area contributed by atoms with E-state index in [9.17, 15) is 4.79 Å². The fraction of sp³-hybridized carbons (Fsp3) is 0.636. The molecule has 1 atom stereocenters. The molecule has 15 heavy (non-hydrogen) atoms. The molecule has 1 heterocycles. The van der Waals surface area contributed by atoms with Crippen molar-refractivity contribution in [3.05, 3.63) is 11.1 Å². The van der Waals surface area contributed by atoms with Crippen molar-refractivity contribution in [3.8, 4) is 0 Å². The standard InChI is InChI=1S/C11H18N2OS/c1-5-8(2)6-13(4)11-12-10(7-15-11)9(3)14/h7-8H,5-6H2,1-4H3. The molecule has 1 aromatic rings. The lowest BCUT2D eigenvalue weighted by Gasteiger charge is -2.19. The van der Waals surface area contributed by atoms with Crippen molar-refractivity contribution in [2.75, 3.05) is 18.5 Å². The van der Waals surface area contributed by atoms with Crippen LogP contribution in [0.1, 0.15) is 37.7 Å². The number of ketones is 1. The molecule has 0 N–H and O–H groups in total. The molecular weight excluding hydrogens is 208 g/mol. The molecule has 3 nitrogen and oxygen atoms in total. The van der Waals surface area contributed by atoms with E-state index in [1.807, 2.05) is 12.4 Å². The van der Waals surface area contributed by atoms with E-state index in [2.05, 4.69) is 23.7 Å². The Labute approximate surface area is 95.1 Å². The first-order chi connectivity index (χ1) is 7.04. The first-order valence-corrected chi connectivity index (χ1v) is 6.10. The van der Waals surface area contributed by atoms with E-state index in [1.165, 1.54) is 11.3 Å². The number of Topliss-reactive ketones (excluding diaryl/α,β-unsaturated/α-hetero) is 1. The highest BCUT2D eigenvalue weighted by molar-refractivity contribution is 7.13. The first kappa shape index (κ1) is 12.2. The number of carbonyl (C=O) groups is 1. The van der Waals surface area contributed by atoms with Crippen molar-refractivity contribution >= 4 is 22.3 Å². The smallest absolute Gasteiger partial charge is 0.185 e. The van der Waals surface area contributed by atoms with Crippen LogP contribution >= 0.6 is 11.3 Å². The zero-order valence-corrected chi connectivity index (χ0v) is 10.6. The van der Waals surface area contributed by atoms with Gasteiger partial charge in [0.05, 0.1) is 0 Å². The van der Waals surface area contributed by atoms with Gasteiger partial charge < -0.3 is 4.90 Å². The van der Waals surface area contributed by atoms with E-state index in [4.69, 9.17) is 0 Å². The van der Waals surface area contributed by atoms with Crippen molar-refractivity contribution in [1.29, 1.82) is 0 Å². The highest BCUT2D eigenvalue weighted by atomic mass is 32.1. The number of thiazole rings is 1. The Morgan fingerprint density at radius 1 is 1.67 bits per heavy atom. The first-order valence-electron chi connectivity index (χ1n) is 5.22. The van der Waals surface area contributed by atoms with Crippen molar-refractivity contribution in [1.82, 2.24) is 4.98 Å². The Morgan fingerprint density at radius 3 is 2.80 bits per heavy atom. The SMILES string of the molecule is CCC(C)CN(C)c1nc(C(C)=O)cs1. The molecule has 0 fully saturated rings. The maximum atomic E-state index is 11.1. The van der Waals surface area contributed by atoms with E-state index in [-0.39, 0.29) is 5.78 Å². The number of hydrogen-bond acceptors (Lipinski definition) is 4. The maximum absolute atomic E-state index is 11.1. The molecule has 0 radical (unpaired) electrons. The van der Waals surface area contributed by atoms with Gasteiger partial charge >= 0.3 is 0 Å². The fourth-order valence-electron chi connectivity index (χ4n) is 1.28. The van der Waals surface area contributed by atoms with Crippen LogP contribution in [0.15, 0.2) is 5.38 Å². The van der Waals surface area contributed by atoms with Crippen LogP contribution in [0.3, 0.4) is 0 Å². The molecule has 0 aromatic carbocycles. The second-order valence-corrected chi connectivity index (χ2v) is 4.80. The van der Waals surface area contributed by atoms with Gasteiger partial charge in [-0.25, -0.2) is 4.98 Å². The lowest BCUT2D eigenvalue weighted by atomic mass is 10.1. The van der Waals surface area contributed by atoms with E-state index < -0.39 is 0 Å². The molecule has 0 aliphatic carbocycles.